The van der Waals surface area contributed by atoms with Crippen molar-refractivity contribution in [2.24, 2.45) is 0 Å². The van der Waals surface area contributed by atoms with Gasteiger partial charge in [0, 0.05) is 12.6 Å². The van der Waals surface area contributed by atoms with E-state index in [-0.39, 0.29) is 12.1 Å². The predicted molar refractivity (Wildman–Crippen MR) is 75.5 cm³/mol. The minimum atomic E-state index is -0.883. The van der Waals surface area contributed by atoms with Crippen LogP contribution in [0.3, 0.4) is 0 Å². The number of ether oxygens (including phenoxy) is 2. The monoisotopic (exact) mass is 275 g/mol. The lowest BCUT2D eigenvalue weighted by atomic mass is 9.95. The van der Waals surface area contributed by atoms with Crippen molar-refractivity contribution in [3.63, 3.8) is 0 Å². The molecule has 5 heteroatoms. The van der Waals surface area contributed by atoms with Gasteiger partial charge in [-0.2, -0.15) is 0 Å². The Morgan fingerprint density at radius 2 is 1.84 bits per heavy atom. The number of aliphatic carboxylic acids is 1. The van der Waals surface area contributed by atoms with E-state index in [1.165, 1.54) is 0 Å². The Hall–Kier alpha value is -0.650. The zero-order chi connectivity index (χ0) is 14.9. The SMILES string of the molecule is CC(C)NC(C)(CCCOCCOC(C)C)C(=O)O. The predicted octanol–water partition coefficient (Wildman–Crippen LogP) is 2.05. The molecule has 0 aromatic carbocycles. The molecule has 0 aliphatic heterocycles. The molecule has 0 rings (SSSR count). The Morgan fingerprint density at radius 1 is 1.21 bits per heavy atom. The van der Waals surface area contributed by atoms with Crippen molar-refractivity contribution in [2.75, 3.05) is 19.8 Å². The molecule has 5 nitrogen and oxygen atoms in total. The maximum atomic E-state index is 11.3. The molecule has 1 unspecified atom stereocenters. The van der Waals surface area contributed by atoms with Gasteiger partial charge in [-0.15, -0.1) is 0 Å². The van der Waals surface area contributed by atoms with Gasteiger partial charge in [-0.3, -0.25) is 10.1 Å². The maximum absolute atomic E-state index is 11.3. The molecule has 0 fully saturated rings. The van der Waals surface area contributed by atoms with Gasteiger partial charge in [-0.1, -0.05) is 0 Å². The van der Waals surface area contributed by atoms with E-state index in [9.17, 15) is 9.90 Å². The van der Waals surface area contributed by atoms with Crippen LogP contribution in [0.5, 0.6) is 0 Å². The lowest BCUT2D eigenvalue weighted by Gasteiger charge is -2.28. The molecule has 0 aliphatic rings. The van der Waals surface area contributed by atoms with Crippen LogP contribution in [0.4, 0.5) is 0 Å². The van der Waals surface area contributed by atoms with E-state index >= 15 is 0 Å². The third kappa shape index (κ3) is 8.97. The van der Waals surface area contributed by atoms with Gasteiger partial charge in [-0.05, 0) is 47.5 Å². The van der Waals surface area contributed by atoms with Crippen LogP contribution in [0, 0.1) is 0 Å². The first-order chi connectivity index (χ1) is 8.78. The first-order valence-electron chi connectivity index (χ1n) is 6.98. The van der Waals surface area contributed by atoms with Crippen molar-refractivity contribution < 1.29 is 19.4 Å². The molecular formula is C14H29NO4. The fourth-order valence-electron chi connectivity index (χ4n) is 1.85. The first kappa shape index (κ1) is 18.4. The smallest absolute Gasteiger partial charge is 0.323 e. The third-order valence-corrected chi connectivity index (χ3v) is 2.72. The van der Waals surface area contributed by atoms with Gasteiger partial charge in [0.15, 0.2) is 0 Å². The molecule has 0 spiro atoms. The van der Waals surface area contributed by atoms with Crippen LogP contribution in [-0.2, 0) is 14.3 Å². The Labute approximate surface area is 116 Å². The summed E-state index contributed by atoms with van der Waals surface area (Å²) in [6.45, 7) is 11.3. The zero-order valence-corrected chi connectivity index (χ0v) is 12.9. The van der Waals surface area contributed by atoms with Gasteiger partial charge in [-0.25, -0.2) is 0 Å². The first-order valence-corrected chi connectivity index (χ1v) is 6.98. The number of carboxylic acid groups (broad SMARTS) is 1. The van der Waals surface area contributed by atoms with Gasteiger partial charge >= 0.3 is 5.97 Å². The summed E-state index contributed by atoms with van der Waals surface area (Å²) < 4.78 is 10.8. The lowest BCUT2D eigenvalue weighted by molar-refractivity contribution is -0.145. The van der Waals surface area contributed by atoms with E-state index in [0.717, 1.165) is 0 Å². The largest absolute Gasteiger partial charge is 0.480 e. The second-order valence-corrected chi connectivity index (χ2v) is 5.57. The summed E-state index contributed by atoms with van der Waals surface area (Å²) in [5.74, 6) is -0.815. The van der Waals surface area contributed by atoms with Crippen molar-refractivity contribution >= 4 is 5.97 Å². The number of carboxylic acids is 1. The minimum Gasteiger partial charge on any atom is -0.480 e. The molecule has 114 valence electrons. The molecule has 1 atom stereocenters. The third-order valence-electron chi connectivity index (χ3n) is 2.72. The Kier molecular flexibility index (Phi) is 8.97. The average Bonchev–Trinajstić information content (AvgIpc) is 2.26. The Morgan fingerprint density at radius 3 is 2.32 bits per heavy atom. The molecule has 0 amide bonds. The van der Waals surface area contributed by atoms with Crippen molar-refractivity contribution in [2.45, 2.75) is 65.1 Å². The summed E-state index contributed by atoms with van der Waals surface area (Å²) in [4.78, 5) is 11.3. The van der Waals surface area contributed by atoms with Crippen molar-refractivity contribution in [1.82, 2.24) is 5.32 Å². The molecule has 19 heavy (non-hydrogen) atoms. The van der Waals surface area contributed by atoms with Crippen LogP contribution in [0.15, 0.2) is 0 Å². The molecule has 0 saturated heterocycles. The fraction of sp³-hybridized carbons (Fsp3) is 0.929. The Bertz CT molecular complexity index is 256. The van der Waals surface area contributed by atoms with Crippen LogP contribution in [-0.4, -0.2) is 48.6 Å². The van der Waals surface area contributed by atoms with Crippen molar-refractivity contribution in [3.05, 3.63) is 0 Å². The second kappa shape index (κ2) is 9.28. The summed E-state index contributed by atoms with van der Waals surface area (Å²) in [6.07, 6.45) is 1.48. The van der Waals surface area contributed by atoms with Crippen LogP contribution < -0.4 is 5.32 Å². The highest BCUT2D eigenvalue weighted by molar-refractivity contribution is 5.78. The van der Waals surface area contributed by atoms with Gasteiger partial charge in [0.25, 0.3) is 0 Å². The van der Waals surface area contributed by atoms with E-state index in [4.69, 9.17) is 9.47 Å². The molecule has 0 bridgehead atoms. The normalized spacial score (nSPS) is 14.9. The van der Waals surface area contributed by atoms with Crippen LogP contribution in [0.2, 0.25) is 0 Å². The lowest BCUT2D eigenvalue weighted by Crippen LogP contribution is -2.52. The van der Waals surface area contributed by atoms with Crippen molar-refractivity contribution in [1.29, 1.82) is 0 Å². The topological polar surface area (TPSA) is 67.8 Å². The second-order valence-electron chi connectivity index (χ2n) is 5.57. The molecular weight excluding hydrogens is 246 g/mol. The molecule has 0 aromatic rings. The highest BCUT2D eigenvalue weighted by Gasteiger charge is 2.32. The number of carbonyl (C=O) groups is 1. The molecule has 0 radical (unpaired) electrons. The standard InChI is InChI=1S/C14H29NO4/c1-11(2)15-14(5,13(16)17)7-6-8-18-9-10-19-12(3)4/h11-12,15H,6-10H2,1-5H3,(H,16,17). The number of rotatable bonds is 11. The van der Waals surface area contributed by atoms with E-state index in [1.54, 1.807) is 6.92 Å². The van der Waals surface area contributed by atoms with Gasteiger partial charge in [0.05, 0.1) is 19.3 Å². The summed E-state index contributed by atoms with van der Waals surface area (Å²) >= 11 is 0. The fourth-order valence-corrected chi connectivity index (χ4v) is 1.85. The van der Waals surface area contributed by atoms with E-state index in [1.807, 2.05) is 27.7 Å². The van der Waals surface area contributed by atoms with E-state index < -0.39 is 11.5 Å². The highest BCUT2D eigenvalue weighted by Crippen LogP contribution is 2.14. The molecule has 0 aliphatic carbocycles. The zero-order valence-electron chi connectivity index (χ0n) is 12.9. The Balaban J connectivity index is 3.80. The molecule has 2 N–H and O–H groups in total. The molecule has 0 heterocycles. The number of hydrogen-bond acceptors (Lipinski definition) is 4. The van der Waals surface area contributed by atoms with E-state index in [2.05, 4.69) is 5.32 Å². The minimum absolute atomic E-state index is 0.140. The van der Waals surface area contributed by atoms with Gasteiger partial charge in [0.2, 0.25) is 0 Å². The summed E-state index contributed by atoms with van der Waals surface area (Å²) in [5, 5.41) is 12.4. The summed E-state index contributed by atoms with van der Waals surface area (Å²) in [7, 11) is 0. The average molecular weight is 275 g/mol. The molecule has 0 aromatic heterocycles. The summed E-state index contributed by atoms with van der Waals surface area (Å²) in [5.41, 5.74) is -0.883. The number of nitrogens with one attached hydrogen (secondary N) is 1. The van der Waals surface area contributed by atoms with Crippen LogP contribution >= 0.6 is 0 Å². The van der Waals surface area contributed by atoms with Crippen molar-refractivity contribution in [3.8, 4) is 0 Å². The summed E-state index contributed by atoms with van der Waals surface area (Å²) in [6, 6.07) is 0.140. The van der Waals surface area contributed by atoms with Crippen LogP contribution in [0.25, 0.3) is 0 Å². The molecule has 0 saturated carbocycles. The van der Waals surface area contributed by atoms with Gasteiger partial charge in [0.1, 0.15) is 5.54 Å². The highest BCUT2D eigenvalue weighted by atomic mass is 16.5. The van der Waals surface area contributed by atoms with Gasteiger partial charge < -0.3 is 14.6 Å². The van der Waals surface area contributed by atoms with E-state index in [0.29, 0.717) is 32.7 Å². The number of hydrogen-bond donors (Lipinski definition) is 2. The quantitative estimate of drug-likeness (QED) is 0.565. The van der Waals surface area contributed by atoms with Crippen LogP contribution in [0.1, 0.15) is 47.5 Å². The maximum Gasteiger partial charge on any atom is 0.323 e.